The Labute approximate surface area is 93.6 Å². The molecule has 0 aromatic carbocycles. The minimum Gasteiger partial charge on any atom is -0.395 e. The van der Waals surface area contributed by atoms with Gasteiger partial charge in [-0.3, -0.25) is 4.90 Å². The van der Waals surface area contributed by atoms with Crippen LogP contribution in [0.4, 0.5) is 0 Å². The summed E-state index contributed by atoms with van der Waals surface area (Å²) in [7, 11) is 0. The van der Waals surface area contributed by atoms with E-state index in [2.05, 4.69) is 25.7 Å². The fourth-order valence-corrected chi connectivity index (χ4v) is 2.35. The van der Waals surface area contributed by atoms with Gasteiger partial charge in [0.2, 0.25) is 0 Å². The quantitative estimate of drug-likeness (QED) is 0.669. The molecule has 1 aliphatic carbocycles. The van der Waals surface area contributed by atoms with E-state index in [1.165, 1.54) is 12.8 Å². The summed E-state index contributed by atoms with van der Waals surface area (Å²) in [5.41, 5.74) is 6.20. The second-order valence-electron chi connectivity index (χ2n) is 4.75. The standard InChI is InChI=1S/C12H26N2O/c1-4-9(3)14(5-2)11(8-15)12(13)10-6-7-10/h9-12,15H,4-8,13H2,1-3H3. The summed E-state index contributed by atoms with van der Waals surface area (Å²) < 4.78 is 0. The highest BCUT2D eigenvalue weighted by Gasteiger charge is 2.36. The van der Waals surface area contributed by atoms with E-state index in [0.717, 1.165) is 13.0 Å². The van der Waals surface area contributed by atoms with Gasteiger partial charge < -0.3 is 10.8 Å². The van der Waals surface area contributed by atoms with Crippen LogP contribution in [0.25, 0.3) is 0 Å². The SMILES string of the molecule is CCC(C)N(CC)C(CO)C(N)C1CC1. The van der Waals surface area contributed by atoms with Crippen LogP contribution in [0.3, 0.4) is 0 Å². The molecule has 0 radical (unpaired) electrons. The van der Waals surface area contributed by atoms with Gasteiger partial charge in [0.05, 0.1) is 6.61 Å². The predicted molar refractivity (Wildman–Crippen MR) is 63.7 cm³/mol. The zero-order chi connectivity index (χ0) is 11.4. The van der Waals surface area contributed by atoms with Crippen molar-refractivity contribution in [3.05, 3.63) is 0 Å². The van der Waals surface area contributed by atoms with Crippen LogP contribution in [0.15, 0.2) is 0 Å². The smallest absolute Gasteiger partial charge is 0.0602 e. The summed E-state index contributed by atoms with van der Waals surface area (Å²) in [6, 6.07) is 0.818. The Bertz CT molecular complexity index is 182. The van der Waals surface area contributed by atoms with Crippen molar-refractivity contribution < 1.29 is 5.11 Å². The molecule has 1 rings (SSSR count). The van der Waals surface area contributed by atoms with E-state index in [9.17, 15) is 5.11 Å². The molecule has 1 fully saturated rings. The first-order valence-electron chi connectivity index (χ1n) is 6.27. The summed E-state index contributed by atoms with van der Waals surface area (Å²) >= 11 is 0. The fraction of sp³-hybridized carbons (Fsp3) is 1.00. The van der Waals surface area contributed by atoms with Gasteiger partial charge in [-0.15, -0.1) is 0 Å². The maximum Gasteiger partial charge on any atom is 0.0602 e. The van der Waals surface area contributed by atoms with Gasteiger partial charge in [0.1, 0.15) is 0 Å². The molecule has 0 amide bonds. The topological polar surface area (TPSA) is 49.5 Å². The molecule has 1 aliphatic rings. The van der Waals surface area contributed by atoms with E-state index in [4.69, 9.17) is 5.73 Å². The third-order valence-corrected chi connectivity index (χ3v) is 3.75. The maximum atomic E-state index is 9.50. The van der Waals surface area contributed by atoms with Gasteiger partial charge in [-0.05, 0) is 38.6 Å². The number of aliphatic hydroxyl groups excluding tert-OH is 1. The number of nitrogens with zero attached hydrogens (tertiary/aromatic N) is 1. The number of aliphatic hydroxyl groups is 1. The molecule has 3 heteroatoms. The van der Waals surface area contributed by atoms with Crippen molar-refractivity contribution in [3.8, 4) is 0 Å². The first-order chi connectivity index (χ1) is 7.15. The third-order valence-electron chi connectivity index (χ3n) is 3.75. The summed E-state index contributed by atoms with van der Waals surface area (Å²) in [6.45, 7) is 7.71. The Morgan fingerprint density at radius 2 is 2.00 bits per heavy atom. The molecule has 0 aromatic rings. The number of rotatable bonds is 7. The Morgan fingerprint density at radius 1 is 1.40 bits per heavy atom. The van der Waals surface area contributed by atoms with Gasteiger partial charge in [-0.25, -0.2) is 0 Å². The third kappa shape index (κ3) is 3.16. The lowest BCUT2D eigenvalue weighted by Gasteiger charge is -2.37. The molecule has 15 heavy (non-hydrogen) atoms. The molecule has 1 saturated carbocycles. The van der Waals surface area contributed by atoms with E-state index in [0.29, 0.717) is 12.0 Å². The molecular weight excluding hydrogens is 188 g/mol. The monoisotopic (exact) mass is 214 g/mol. The first-order valence-corrected chi connectivity index (χ1v) is 6.27. The van der Waals surface area contributed by atoms with Gasteiger partial charge in [-0.2, -0.15) is 0 Å². The molecule has 3 unspecified atom stereocenters. The zero-order valence-corrected chi connectivity index (χ0v) is 10.3. The minimum atomic E-state index is 0.150. The van der Waals surface area contributed by atoms with Crippen LogP contribution in [0.2, 0.25) is 0 Å². The zero-order valence-electron chi connectivity index (χ0n) is 10.3. The van der Waals surface area contributed by atoms with Gasteiger partial charge in [-0.1, -0.05) is 13.8 Å². The first kappa shape index (κ1) is 12.9. The number of likely N-dealkylation sites (N-methyl/N-ethyl adjacent to an activating group) is 1. The van der Waals surface area contributed by atoms with E-state index >= 15 is 0 Å². The Balaban J connectivity index is 2.59. The molecule has 3 atom stereocenters. The highest BCUT2D eigenvalue weighted by atomic mass is 16.3. The summed E-state index contributed by atoms with van der Waals surface area (Å²) in [4.78, 5) is 2.35. The minimum absolute atomic E-state index is 0.150. The molecule has 3 nitrogen and oxygen atoms in total. The number of nitrogens with two attached hydrogens (primary N) is 1. The van der Waals surface area contributed by atoms with Gasteiger partial charge in [0.15, 0.2) is 0 Å². The molecule has 0 aromatic heterocycles. The van der Waals surface area contributed by atoms with Crippen molar-refractivity contribution >= 4 is 0 Å². The molecule has 0 saturated heterocycles. The highest BCUT2D eigenvalue weighted by Crippen LogP contribution is 2.34. The Hall–Kier alpha value is -0.120. The van der Waals surface area contributed by atoms with Crippen molar-refractivity contribution in [2.45, 2.75) is 58.2 Å². The molecular formula is C12H26N2O. The van der Waals surface area contributed by atoms with Crippen molar-refractivity contribution in [1.29, 1.82) is 0 Å². The van der Waals surface area contributed by atoms with Crippen molar-refractivity contribution in [2.75, 3.05) is 13.2 Å². The Morgan fingerprint density at radius 3 is 2.33 bits per heavy atom. The predicted octanol–water partition coefficient (Wildman–Crippen LogP) is 1.21. The second-order valence-corrected chi connectivity index (χ2v) is 4.75. The lowest BCUT2D eigenvalue weighted by molar-refractivity contribution is 0.0708. The number of hydrogen-bond donors (Lipinski definition) is 2. The maximum absolute atomic E-state index is 9.50. The van der Waals surface area contributed by atoms with Crippen LogP contribution in [-0.2, 0) is 0 Å². The van der Waals surface area contributed by atoms with Crippen LogP contribution >= 0.6 is 0 Å². The Kier molecular flexibility index (Phi) is 5.03. The van der Waals surface area contributed by atoms with Gasteiger partial charge in [0, 0.05) is 18.1 Å². The lowest BCUT2D eigenvalue weighted by atomic mass is 10.0. The molecule has 0 spiro atoms. The average Bonchev–Trinajstić information content (AvgIpc) is 3.07. The van der Waals surface area contributed by atoms with E-state index < -0.39 is 0 Å². The van der Waals surface area contributed by atoms with E-state index in [1.807, 2.05) is 0 Å². The fourth-order valence-electron chi connectivity index (χ4n) is 2.35. The lowest BCUT2D eigenvalue weighted by Crippen LogP contribution is -2.54. The second kappa shape index (κ2) is 5.83. The molecule has 0 bridgehead atoms. The molecule has 0 heterocycles. The largest absolute Gasteiger partial charge is 0.395 e. The molecule has 3 N–H and O–H groups in total. The van der Waals surface area contributed by atoms with Crippen molar-refractivity contribution in [1.82, 2.24) is 4.90 Å². The van der Waals surface area contributed by atoms with Crippen molar-refractivity contribution in [2.24, 2.45) is 11.7 Å². The summed E-state index contributed by atoms with van der Waals surface area (Å²) in [5.74, 6) is 0.653. The van der Waals surface area contributed by atoms with Crippen molar-refractivity contribution in [3.63, 3.8) is 0 Å². The van der Waals surface area contributed by atoms with Crippen LogP contribution < -0.4 is 5.73 Å². The van der Waals surface area contributed by atoms with Crippen LogP contribution in [0, 0.1) is 5.92 Å². The van der Waals surface area contributed by atoms with Crippen LogP contribution in [0.1, 0.15) is 40.0 Å². The van der Waals surface area contributed by atoms with Gasteiger partial charge in [0.25, 0.3) is 0 Å². The average molecular weight is 214 g/mol. The van der Waals surface area contributed by atoms with E-state index in [-0.39, 0.29) is 18.7 Å². The van der Waals surface area contributed by atoms with Gasteiger partial charge >= 0.3 is 0 Å². The molecule has 90 valence electrons. The normalized spacial score (nSPS) is 22.8. The summed E-state index contributed by atoms with van der Waals surface area (Å²) in [6.07, 6.45) is 3.60. The molecule has 0 aliphatic heterocycles. The number of hydrogen-bond acceptors (Lipinski definition) is 3. The highest BCUT2D eigenvalue weighted by molar-refractivity contribution is 4.93. The summed E-state index contributed by atoms with van der Waals surface area (Å²) in [5, 5.41) is 9.50. The van der Waals surface area contributed by atoms with E-state index in [1.54, 1.807) is 0 Å². The van der Waals surface area contributed by atoms with Crippen LogP contribution in [0.5, 0.6) is 0 Å². The van der Waals surface area contributed by atoms with Crippen LogP contribution in [-0.4, -0.2) is 41.3 Å².